The quantitative estimate of drug-likeness (QED) is 0.295. The van der Waals surface area contributed by atoms with Gasteiger partial charge in [-0.3, -0.25) is 0 Å². The second-order valence-electron chi connectivity index (χ2n) is 3.58. The lowest BCUT2D eigenvalue weighted by Gasteiger charge is -2.01. The number of thioether (sulfide) groups is 1. The van der Waals surface area contributed by atoms with E-state index in [-0.39, 0.29) is 5.84 Å². The van der Waals surface area contributed by atoms with Crippen molar-refractivity contribution in [3.05, 3.63) is 41.2 Å². The van der Waals surface area contributed by atoms with Crippen LogP contribution in [0.4, 0.5) is 0 Å². The molecule has 0 aliphatic rings. The highest BCUT2D eigenvalue weighted by molar-refractivity contribution is 8.00. The average molecular weight is 280 g/mol. The van der Waals surface area contributed by atoms with Crippen molar-refractivity contribution < 1.29 is 5.21 Å². The molecule has 2 aromatic rings. The van der Waals surface area contributed by atoms with Crippen LogP contribution in [0.2, 0.25) is 0 Å². The standard InChI is InChI=1S/C11H12N4OS2/c1-7-13-11(18-15-7)17-6-8-2-4-9(5-3-8)10(12)14-16/h2-5,16H,6H2,1H3,(H2,12,14). The molecule has 94 valence electrons. The predicted molar refractivity (Wildman–Crippen MR) is 73.2 cm³/mol. The van der Waals surface area contributed by atoms with E-state index in [4.69, 9.17) is 10.9 Å². The van der Waals surface area contributed by atoms with Crippen molar-refractivity contribution >= 4 is 29.1 Å². The zero-order valence-electron chi connectivity index (χ0n) is 9.70. The number of amidine groups is 1. The van der Waals surface area contributed by atoms with Crippen LogP contribution in [0, 0.1) is 6.92 Å². The van der Waals surface area contributed by atoms with Crippen molar-refractivity contribution in [1.29, 1.82) is 0 Å². The smallest absolute Gasteiger partial charge is 0.170 e. The zero-order valence-corrected chi connectivity index (χ0v) is 11.3. The van der Waals surface area contributed by atoms with E-state index in [0.29, 0.717) is 5.56 Å². The van der Waals surface area contributed by atoms with Crippen molar-refractivity contribution in [3.8, 4) is 0 Å². The number of aromatic nitrogens is 2. The van der Waals surface area contributed by atoms with Gasteiger partial charge in [-0.05, 0) is 24.0 Å². The van der Waals surface area contributed by atoms with Crippen LogP contribution in [0.5, 0.6) is 0 Å². The van der Waals surface area contributed by atoms with Gasteiger partial charge in [0, 0.05) is 11.3 Å². The Labute approximate surface area is 113 Å². The molecule has 0 saturated heterocycles. The summed E-state index contributed by atoms with van der Waals surface area (Å²) in [5.74, 6) is 1.75. The van der Waals surface area contributed by atoms with Gasteiger partial charge in [0.05, 0.1) is 0 Å². The topological polar surface area (TPSA) is 84.4 Å². The SMILES string of the molecule is Cc1nsc(SCc2ccc(C(N)=NO)cc2)n1. The summed E-state index contributed by atoms with van der Waals surface area (Å²) in [6.45, 7) is 1.88. The lowest BCUT2D eigenvalue weighted by Crippen LogP contribution is -2.12. The molecule has 2 rings (SSSR count). The van der Waals surface area contributed by atoms with Gasteiger partial charge < -0.3 is 10.9 Å². The Morgan fingerprint density at radius 3 is 2.72 bits per heavy atom. The molecular formula is C11H12N4OS2. The van der Waals surface area contributed by atoms with E-state index < -0.39 is 0 Å². The first-order valence-corrected chi connectivity index (χ1v) is 6.95. The molecule has 1 aromatic carbocycles. The molecule has 7 heteroatoms. The van der Waals surface area contributed by atoms with E-state index in [2.05, 4.69) is 14.5 Å². The van der Waals surface area contributed by atoms with Crippen LogP contribution >= 0.6 is 23.3 Å². The summed E-state index contributed by atoms with van der Waals surface area (Å²) in [7, 11) is 0. The fourth-order valence-electron chi connectivity index (χ4n) is 1.31. The molecule has 0 spiro atoms. The van der Waals surface area contributed by atoms with Crippen LogP contribution in [0.15, 0.2) is 33.8 Å². The van der Waals surface area contributed by atoms with Gasteiger partial charge in [0.15, 0.2) is 10.2 Å². The Hall–Kier alpha value is -1.60. The monoisotopic (exact) mass is 280 g/mol. The molecule has 18 heavy (non-hydrogen) atoms. The number of benzene rings is 1. The molecule has 0 saturated carbocycles. The van der Waals surface area contributed by atoms with Gasteiger partial charge in [-0.15, -0.1) is 0 Å². The van der Waals surface area contributed by atoms with E-state index >= 15 is 0 Å². The van der Waals surface area contributed by atoms with Gasteiger partial charge in [0.1, 0.15) is 5.82 Å². The molecule has 0 aliphatic carbocycles. The highest BCUT2D eigenvalue weighted by Crippen LogP contribution is 2.24. The second kappa shape index (κ2) is 5.83. The Kier molecular flexibility index (Phi) is 4.16. The Bertz CT molecular complexity index is 550. The van der Waals surface area contributed by atoms with E-state index in [1.807, 2.05) is 31.2 Å². The predicted octanol–water partition coefficient (Wildman–Crippen LogP) is 2.23. The van der Waals surface area contributed by atoms with E-state index in [9.17, 15) is 0 Å². The van der Waals surface area contributed by atoms with Gasteiger partial charge in [0.2, 0.25) is 0 Å². The molecule has 1 heterocycles. The molecule has 1 aromatic heterocycles. The lowest BCUT2D eigenvalue weighted by atomic mass is 10.1. The minimum Gasteiger partial charge on any atom is -0.409 e. The highest BCUT2D eigenvalue weighted by Gasteiger charge is 2.03. The number of hydrogen-bond donors (Lipinski definition) is 2. The molecule has 0 unspecified atom stereocenters. The van der Waals surface area contributed by atoms with Crippen LogP contribution in [0.25, 0.3) is 0 Å². The molecule has 0 aliphatic heterocycles. The van der Waals surface area contributed by atoms with Crippen molar-refractivity contribution in [1.82, 2.24) is 9.36 Å². The summed E-state index contributed by atoms with van der Waals surface area (Å²) in [5.41, 5.74) is 7.35. The number of nitrogens with zero attached hydrogens (tertiary/aromatic N) is 3. The van der Waals surface area contributed by atoms with Crippen molar-refractivity contribution in [2.75, 3.05) is 0 Å². The third-order valence-electron chi connectivity index (χ3n) is 2.23. The molecule has 0 bridgehead atoms. The average Bonchev–Trinajstić information content (AvgIpc) is 2.82. The van der Waals surface area contributed by atoms with E-state index in [0.717, 1.165) is 21.5 Å². The maximum atomic E-state index is 8.56. The molecule has 0 atom stereocenters. The Balaban J connectivity index is 1.98. The Morgan fingerprint density at radius 2 is 2.17 bits per heavy atom. The molecule has 0 fully saturated rings. The van der Waals surface area contributed by atoms with Crippen LogP contribution in [-0.2, 0) is 5.75 Å². The number of nitrogens with two attached hydrogens (primary N) is 1. The normalized spacial score (nSPS) is 11.7. The van der Waals surface area contributed by atoms with Crippen molar-refractivity contribution in [2.24, 2.45) is 10.9 Å². The molecule has 3 N–H and O–H groups in total. The number of oxime groups is 1. The second-order valence-corrected chi connectivity index (χ2v) is 5.55. The lowest BCUT2D eigenvalue weighted by molar-refractivity contribution is 0.318. The molecule has 0 radical (unpaired) electrons. The minimum atomic E-state index is 0.119. The van der Waals surface area contributed by atoms with Crippen molar-refractivity contribution in [3.63, 3.8) is 0 Å². The Morgan fingerprint density at radius 1 is 1.44 bits per heavy atom. The zero-order chi connectivity index (χ0) is 13.0. The fourth-order valence-corrected chi connectivity index (χ4v) is 2.91. The third-order valence-corrected chi connectivity index (χ3v) is 4.22. The molecular weight excluding hydrogens is 268 g/mol. The maximum Gasteiger partial charge on any atom is 0.170 e. The largest absolute Gasteiger partial charge is 0.409 e. The van der Waals surface area contributed by atoms with Crippen LogP contribution in [-0.4, -0.2) is 20.4 Å². The highest BCUT2D eigenvalue weighted by atomic mass is 32.2. The first-order valence-electron chi connectivity index (χ1n) is 5.19. The third kappa shape index (κ3) is 3.21. The van der Waals surface area contributed by atoms with Crippen LogP contribution in [0.3, 0.4) is 0 Å². The van der Waals surface area contributed by atoms with Crippen LogP contribution in [0.1, 0.15) is 17.0 Å². The number of aryl methyl sites for hydroxylation is 1. The van der Waals surface area contributed by atoms with Gasteiger partial charge in [0.25, 0.3) is 0 Å². The van der Waals surface area contributed by atoms with E-state index in [1.165, 1.54) is 11.5 Å². The summed E-state index contributed by atoms with van der Waals surface area (Å²) in [6.07, 6.45) is 0. The first kappa shape index (κ1) is 12.8. The molecule has 0 amide bonds. The number of rotatable bonds is 4. The first-order chi connectivity index (χ1) is 8.69. The minimum absolute atomic E-state index is 0.119. The number of hydrogen-bond acceptors (Lipinski definition) is 6. The molecule has 5 nitrogen and oxygen atoms in total. The van der Waals surface area contributed by atoms with Gasteiger partial charge in [-0.2, -0.15) is 4.37 Å². The maximum absolute atomic E-state index is 8.56. The van der Waals surface area contributed by atoms with Gasteiger partial charge in [-0.25, -0.2) is 4.98 Å². The summed E-state index contributed by atoms with van der Waals surface area (Å²) in [5, 5.41) is 11.5. The van der Waals surface area contributed by atoms with Gasteiger partial charge >= 0.3 is 0 Å². The summed E-state index contributed by atoms with van der Waals surface area (Å²) >= 11 is 3.06. The summed E-state index contributed by atoms with van der Waals surface area (Å²) in [4.78, 5) is 4.28. The summed E-state index contributed by atoms with van der Waals surface area (Å²) < 4.78 is 5.09. The van der Waals surface area contributed by atoms with Crippen LogP contribution < -0.4 is 5.73 Å². The van der Waals surface area contributed by atoms with Gasteiger partial charge in [-0.1, -0.05) is 41.2 Å². The fraction of sp³-hybridized carbons (Fsp3) is 0.182. The van der Waals surface area contributed by atoms with Crippen molar-refractivity contribution in [2.45, 2.75) is 17.0 Å². The summed E-state index contributed by atoms with van der Waals surface area (Å²) in [6, 6.07) is 7.56. The van der Waals surface area contributed by atoms with E-state index in [1.54, 1.807) is 11.8 Å².